The lowest BCUT2D eigenvalue weighted by Gasteiger charge is -2.18. The SMILES string of the molecule is CC1(C)CS(=O)(=O)N(c2cccc(C(=O)Nc3ccc(OCc4ccccc4)cc3)c2)C1=O. The van der Waals surface area contributed by atoms with Gasteiger partial charge in [0.15, 0.2) is 0 Å². The highest BCUT2D eigenvalue weighted by Crippen LogP contribution is 2.36. The first-order valence-electron chi connectivity index (χ1n) is 10.4. The average Bonchev–Trinajstić information content (AvgIpc) is 2.96. The van der Waals surface area contributed by atoms with Crippen molar-refractivity contribution in [3.8, 4) is 5.75 Å². The molecule has 0 bridgehead atoms. The fourth-order valence-electron chi connectivity index (χ4n) is 3.61. The fraction of sp³-hybridized carbons (Fsp3) is 0.200. The summed E-state index contributed by atoms with van der Waals surface area (Å²) in [4.78, 5) is 25.4. The Morgan fingerprint density at radius 1 is 1.00 bits per heavy atom. The summed E-state index contributed by atoms with van der Waals surface area (Å²) in [5.74, 6) is -0.531. The van der Waals surface area contributed by atoms with E-state index in [4.69, 9.17) is 4.74 Å². The molecule has 3 aromatic carbocycles. The molecule has 4 rings (SSSR count). The second-order valence-electron chi connectivity index (χ2n) is 8.51. The van der Waals surface area contributed by atoms with Gasteiger partial charge in [0.25, 0.3) is 5.91 Å². The lowest BCUT2D eigenvalue weighted by Crippen LogP contribution is -2.33. The number of rotatable bonds is 6. The predicted octanol–water partition coefficient (Wildman–Crippen LogP) is 4.22. The number of carbonyl (C=O) groups excluding carboxylic acids is 2. The van der Waals surface area contributed by atoms with E-state index in [1.54, 1.807) is 50.2 Å². The van der Waals surface area contributed by atoms with Gasteiger partial charge in [0.2, 0.25) is 15.9 Å². The molecule has 1 aliphatic rings. The number of amides is 2. The van der Waals surface area contributed by atoms with Crippen LogP contribution in [0.2, 0.25) is 0 Å². The minimum Gasteiger partial charge on any atom is -0.489 e. The lowest BCUT2D eigenvalue weighted by molar-refractivity contribution is -0.123. The van der Waals surface area contributed by atoms with E-state index in [0.717, 1.165) is 9.87 Å². The van der Waals surface area contributed by atoms with E-state index in [1.165, 1.54) is 12.1 Å². The molecule has 1 aliphatic heterocycles. The zero-order valence-electron chi connectivity index (χ0n) is 18.3. The zero-order valence-corrected chi connectivity index (χ0v) is 19.1. The van der Waals surface area contributed by atoms with Crippen LogP contribution in [0.5, 0.6) is 5.75 Å². The molecular formula is C25H24N2O5S. The molecule has 0 atom stereocenters. The minimum absolute atomic E-state index is 0.155. The van der Waals surface area contributed by atoms with E-state index in [1.807, 2.05) is 30.3 Å². The highest BCUT2D eigenvalue weighted by molar-refractivity contribution is 7.94. The maximum atomic E-state index is 12.8. The van der Waals surface area contributed by atoms with Crippen molar-refractivity contribution in [2.45, 2.75) is 20.5 Å². The van der Waals surface area contributed by atoms with Crippen LogP contribution in [0.25, 0.3) is 0 Å². The minimum atomic E-state index is -3.79. The van der Waals surface area contributed by atoms with Gasteiger partial charge in [-0.25, -0.2) is 12.7 Å². The van der Waals surface area contributed by atoms with Gasteiger partial charge in [-0.15, -0.1) is 0 Å². The summed E-state index contributed by atoms with van der Waals surface area (Å²) in [6.07, 6.45) is 0. The standard InChI is InChI=1S/C25H24N2O5S/c1-25(2)17-33(30,31)27(24(25)29)21-10-6-9-19(15-21)23(28)26-20-11-13-22(14-12-20)32-16-18-7-4-3-5-8-18/h3-15H,16-17H2,1-2H3,(H,26,28). The van der Waals surface area contributed by atoms with Crippen LogP contribution in [0.1, 0.15) is 29.8 Å². The van der Waals surface area contributed by atoms with E-state index in [0.29, 0.717) is 18.0 Å². The lowest BCUT2D eigenvalue weighted by atomic mass is 9.95. The third kappa shape index (κ3) is 4.90. The van der Waals surface area contributed by atoms with Gasteiger partial charge in [-0.1, -0.05) is 36.4 Å². The molecule has 33 heavy (non-hydrogen) atoms. The van der Waals surface area contributed by atoms with Crippen molar-refractivity contribution >= 4 is 33.2 Å². The molecular weight excluding hydrogens is 440 g/mol. The first kappa shape index (κ1) is 22.5. The van der Waals surface area contributed by atoms with Crippen LogP contribution in [-0.4, -0.2) is 26.0 Å². The van der Waals surface area contributed by atoms with Gasteiger partial charge >= 0.3 is 0 Å². The van der Waals surface area contributed by atoms with Gasteiger partial charge in [0.05, 0.1) is 16.9 Å². The summed E-state index contributed by atoms with van der Waals surface area (Å²) in [5, 5.41) is 2.78. The Morgan fingerprint density at radius 3 is 2.33 bits per heavy atom. The van der Waals surface area contributed by atoms with Crippen molar-refractivity contribution in [1.29, 1.82) is 0 Å². The van der Waals surface area contributed by atoms with E-state index in [9.17, 15) is 18.0 Å². The topological polar surface area (TPSA) is 92.8 Å². The molecule has 0 unspecified atom stereocenters. The number of ether oxygens (including phenoxy) is 1. The molecule has 170 valence electrons. The number of anilines is 2. The van der Waals surface area contributed by atoms with Crippen LogP contribution in [0, 0.1) is 5.41 Å². The molecule has 7 nitrogen and oxygen atoms in total. The van der Waals surface area contributed by atoms with Crippen LogP contribution < -0.4 is 14.4 Å². The maximum absolute atomic E-state index is 12.8. The zero-order chi connectivity index (χ0) is 23.6. The summed E-state index contributed by atoms with van der Waals surface area (Å²) in [6, 6.07) is 22.8. The number of sulfonamides is 1. The molecule has 1 heterocycles. The van der Waals surface area contributed by atoms with Crippen LogP contribution in [0.4, 0.5) is 11.4 Å². The number of nitrogens with one attached hydrogen (secondary N) is 1. The Morgan fingerprint density at radius 2 is 1.70 bits per heavy atom. The van der Waals surface area contributed by atoms with Crippen molar-refractivity contribution in [3.63, 3.8) is 0 Å². The van der Waals surface area contributed by atoms with Crippen LogP contribution in [-0.2, 0) is 21.4 Å². The Kier molecular flexibility index (Phi) is 5.95. The molecule has 0 aromatic heterocycles. The van der Waals surface area contributed by atoms with E-state index in [-0.39, 0.29) is 17.0 Å². The van der Waals surface area contributed by atoms with Crippen LogP contribution in [0.3, 0.4) is 0 Å². The van der Waals surface area contributed by atoms with Crippen molar-refractivity contribution in [2.24, 2.45) is 5.41 Å². The van der Waals surface area contributed by atoms with Crippen molar-refractivity contribution in [2.75, 3.05) is 15.4 Å². The largest absolute Gasteiger partial charge is 0.489 e. The smallest absolute Gasteiger partial charge is 0.255 e. The Balaban J connectivity index is 1.44. The highest BCUT2D eigenvalue weighted by Gasteiger charge is 2.49. The van der Waals surface area contributed by atoms with Gasteiger partial charge < -0.3 is 10.1 Å². The van der Waals surface area contributed by atoms with Crippen molar-refractivity contribution in [1.82, 2.24) is 0 Å². The van der Waals surface area contributed by atoms with E-state index in [2.05, 4.69) is 5.32 Å². The Hall–Kier alpha value is -3.65. The molecule has 0 spiro atoms. The quantitative estimate of drug-likeness (QED) is 0.590. The van der Waals surface area contributed by atoms with Gasteiger partial charge in [-0.05, 0) is 61.9 Å². The van der Waals surface area contributed by atoms with Crippen molar-refractivity contribution < 1.29 is 22.7 Å². The number of hydrogen-bond donors (Lipinski definition) is 1. The molecule has 0 aliphatic carbocycles. The predicted molar refractivity (Wildman–Crippen MR) is 127 cm³/mol. The van der Waals surface area contributed by atoms with Crippen LogP contribution >= 0.6 is 0 Å². The second kappa shape index (κ2) is 8.71. The Labute approximate surface area is 193 Å². The second-order valence-corrected chi connectivity index (χ2v) is 10.3. The number of hydrogen-bond acceptors (Lipinski definition) is 5. The van der Waals surface area contributed by atoms with Gasteiger partial charge in [-0.2, -0.15) is 0 Å². The van der Waals surface area contributed by atoms with E-state index < -0.39 is 27.3 Å². The number of carbonyl (C=O) groups is 2. The molecule has 2 amide bonds. The third-order valence-electron chi connectivity index (χ3n) is 5.29. The van der Waals surface area contributed by atoms with Crippen molar-refractivity contribution in [3.05, 3.63) is 90.0 Å². The molecule has 0 saturated carbocycles. The van der Waals surface area contributed by atoms with Gasteiger partial charge in [-0.3, -0.25) is 9.59 Å². The molecule has 1 fully saturated rings. The molecule has 1 N–H and O–H groups in total. The number of benzene rings is 3. The molecule has 1 saturated heterocycles. The molecule has 8 heteroatoms. The van der Waals surface area contributed by atoms with Gasteiger partial charge in [0, 0.05) is 11.3 Å². The summed E-state index contributed by atoms with van der Waals surface area (Å²) < 4.78 is 31.6. The van der Waals surface area contributed by atoms with Crippen LogP contribution in [0.15, 0.2) is 78.9 Å². The third-order valence-corrected chi connectivity index (χ3v) is 7.31. The summed E-state index contributed by atoms with van der Waals surface area (Å²) in [5.41, 5.74) is 0.995. The van der Waals surface area contributed by atoms with Gasteiger partial charge in [0.1, 0.15) is 12.4 Å². The number of nitrogens with zero attached hydrogens (tertiary/aromatic N) is 1. The average molecular weight is 465 g/mol. The normalized spacial score (nSPS) is 16.4. The molecule has 0 radical (unpaired) electrons. The maximum Gasteiger partial charge on any atom is 0.255 e. The Bertz CT molecular complexity index is 1290. The first-order valence-corrected chi connectivity index (χ1v) is 12.0. The fourth-order valence-corrected chi connectivity index (χ4v) is 5.71. The first-order chi connectivity index (χ1) is 15.7. The summed E-state index contributed by atoms with van der Waals surface area (Å²) in [7, 11) is -3.79. The highest BCUT2D eigenvalue weighted by atomic mass is 32.2. The molecule has 3 aromatic rings. The monoisotopic (exact) mass is 464 g/mol. The summed E-state index contributed by atoms with van der Waals surface area (Å²) in [6.45, 7) is 3.63. The summed E-state index contributed by atoms with van der Waals surface area (Å²) >= 11 is 0. The van der Waals surface area contributed by atoms with E-state index >= 15 is 0 Å².